The van der Waals surface area contributed by atoms with Crippen molar-refractivity contribution in [2.75, 3.05) is 7.05 Å². The molecule has 2 N–H and O–H groups in total. The summed E-state index contributed by atoms with van der Waals surface area (Å²) in [5, 5.41) is 0. The van der Waals surface area contributed by atoms with E-state index >= 15 is 0 Å². The molecule has 0 spiro atoms. The average molecular weight is 247 g/mol. The molecule has 1 saturated carbocycles. The molecule has 0 saturated heterocycles. The van der Waals surface area contributed by atoms with E-state index in [2.05, 4.69) is 42.9 Å². The van der Waals surface area contributed by atoms with E-state index < -0.39 is 0 Å². The molecule has 2 atom stereocenters. The number of rotatable bonds is 3. The van der Waals surface area contributed by atoms with Crippen molar-refractivity contribution in [1.29, 1.82) is 0 Å². The molecule has 1 aromatic rings. The van der Waals surface area contributed by atoms with Gasteiger partial charge in [-0.1, -0.05) is 20.3 Å². The Morgan fingerprint density at radius 3 is 2.72 bits per heavy atom. The number of aromatic nitrogens is 1. The first-order valence-electron chi connectivity index (χ1n) is 6.85. The fourth-order valence-corrected chi connectivity index (χ4v) is 3.02. The van der Waals surface area contributed by atoms with Crippen LogP contribution in [0, 0.1) is 5.41 Å². The molecule has 0 aromatic carbocycles. The Morgan fingerprint density at radius 2 is 2.06 bits per heavy atom. The number of nitrogens with zero attached hydrogens (tertiary/aromatic N) is 2. The molecule has 0 bridgehead atoms. The van der Waals surface area contributed by atoms with E-state index in [1.54, 1.807) is 0 Å². The third kappa shape index (κ3) is 2.90. The Balaban J connectivity index is 2.02. The van der Waals surface area contributed by atoms with Crippen LogP contribution in [-0.2, 0) is 6.54 Å². The van der Waals surface area contributed by atoms with E-state index in [4.69, 9.17) is 5.73 Å². The zero-order valence-corrected chi connectivity index (χ0v) is 11.8. The van der Waals surface area contributed by atoms with Crippen LogP contribution in [0.15, 0.2) is 24.5 Å². The third-order valence-electron chi connectivity index (χ3n) is 4.39. The topological polar surface area (TPSA) is 42.2 Å². The number of likely N-dealkylation sites (N-methyl/N-ethyl adjacent to an activating group) is 1. The summed E-state index contributed by atoms with van der Waals surface area (Å²) in [5.41, 5.74) is 8.03. The fourth-order valence-electron chi connectivity index (χ4n) is 3.02. The van der Waals surface area contributed by atoms with Crippen molar-refractivity contribution in [1.82, 2.24) is 9.88 Å². The Labute approximate surface area is 110 Å². The summed E-state index contributed by atoms with van der Waals surface area (Å²) in [7, 11) is 2.19. The van der Waals surface area contributed by atoms with Crippen LogP contribution in [0.3, 0.4) is 0 Å². The minimum atomic E-state index is 0.259. The third-order valence-corrected chi connectivity index (χ3v) is 4.39. The van der Waals surface area contributed by atoms with Crippen LogP contribution >= 0.6 is 0 Å². The highest BCUT2D eigenvalue weighted by Gasteiger charge is 2.37. The minimum Gasteiger partial charge on any atom is -0.326 e. The molecule has 1 aliphatic carbocycles. The summed E-state index contributed by atoms with van der Waals surface area (Å²) < 4.78 is 0. The summed E-state index contributed by atoms with van der Waals surface area (Å²) in [6.07, 6.45) is 7.45. The van der Waals surface area contributed by atoms with Gasteiger partial charge in [0.15, 0.2) is 0 Å². The maximum atomic E-state index is 6.46. The Kier molecular flexibility index (Phi) is 4.03. The van der Waals surface area contributed by atoms with E-state index in [1.807, 2.05) is 12.4 Å². The van der Waals surface area contributed by atoms with Gasteiger partial charge in [0.25, 0.3) is 0 Å². The summed E-state index contributed by atoms with van der Waals surface area (Å²) in [6.45, 7) is 5.55. The lowest BCUT2D eigenvalue weighted by molar-refractivity contribution is 0.0804. The van der Waals surface area contributed by atoms with Crippen LogP contribution in [-0.4, -0.2) is 29.0 Å². The van der Waals surface area contributed by atoms with Crippen LogP contribution in [0.5, 0.6) is 0 Å². The van der Waals surface area contributed by atoms with Crippen molar-refractivity contribution >= 4 is 0 Å². The molecule has 0 amide bonds. The smallest absolute Gasteiger partial charge is 0.0271 e. The van der Waals surface area contributed by atoms with Gasteiger partial charge in [0.1, 0.15) is 0 Å². The molecule has 3 nitrogen and oxygen atoms in total. The summed E-state index contributed by atoms with van der Waals surface area (Å²) in [6, 6.07) is 4.91. The predicted molar refractivity (Wildman–Crippen MR) is 75.1 cm³/mol. The predicted octanol–water partition coefficient (Wildman–Crippen LogP) is 2.42. The first-order chi connectivity index (χ1) is 8.50. The van der Waals surface area contributed by atoms with Crippen molar-refractivity contribution in [3.05, 3.63) is 30.1 Å². The lowest BCUT2D eigenvalue weighted by Gasteiger charge is -2.45. The Morgan fingerprint density at radius 1 is 1.39 bits per heavy atom. The minimum absolute atomic E-state index is 0.259. The zero-order valence-electron chi connectivity index (χ0n) is 11.8. The maximum Gasteiger partial charge on any atom is 0.0271 e. The number of hydrogen-bond donors (Lipinski definition) is 1. The SMILES string of the molecule is CN(Cc1ccncc1)C1CCCC(C)(C)C1N. The summed E-state index contributed by atoms with van der Waals surface area (Å²) in [4.78, 5) is 6.46. The van der Waals surface area contributed by atoms with Crippen molar-refractivity contribution in [2.45, 2.75) is 51.7 Å². The molecule has 1 heterocycles. The standard InChI is InChI=1S/C15H25N3/c1-15(2)8-4-5-13(14(15)16)18(3)11-12-6-9-17-10-7-12/h6-7,9-10,13-14H,4-5,8,11,16H2,1-3H3. The highest BCUT2D eigenvalue weighted by Crippen LogP contribution is 2.36. The van der Waals surface area contributed by atoms with E-state index in [-0.39, 0.29) is 11.5 Å². The lowest BCUT2D eigenvalue weighted by Crippen LogP contribution is -2.55. The van der Waals surface area contributed by atoms with E-state index in [0.29, 0.717) is 6.04 Å². The van der Waals surface area contributed by atoms with E-state index in [9.17, 15) is 0 Å². The molecule has 18 heavy (non-hydrogen) atoms. The van der Waals surface area contributed by atoms with Gasteiger partial charge in [0, 0.05) is 31.0 Å². The molecule has 0 aliphatic heterocycles. The van der Waals surface area contributed by atoms with Crippen molar-refractivity contribution < 1.29 is 0 Å². The van der Waals surface area contributed by atoms with Crippen LogP contribution < -0.4 is 5.73 Å². The number of nitrogens with two attached hydrogens (primary N) is 1. The highest BCUT2D eigenvalue weighted by atomic mass is 15.1. The molecule has 0 radical (unpaired) electrons. The maximum absolute atomic E-state index is 6.46. The molecule has 3 heteroatoms. The molecule has 1 fully saturated rings. The summed E-state index contributed by atoms with van der Waals surface area (Å²) in [5.74, 6) is 0. The van der Waals surface area contributed by atoms with Gasteiger partial charge in [-0.2, -0.15) is 0 Å². The second kappa shape index (κ2) is 5.37. The molecular formula is C15H25N3. The van der Waals surface area contributed by atoms with Gasteiger partial charge in [-0.3, -0.25) is 9.88 Å². The van der Waals surface area contributed by atoms with Gasteiger partial charge < -0.3 is 5.73 Å². The largest absolute Gasteiger partial charge is 0.326 e. The van der Waals surface area contributed by atoms with Crippen molar-refractivity contribution in [2.24, 2.45) is 11.1 Å². The van der Waals surface area contributed by atoms with Crippen LogP contribution in [0.1, 0.15) is 38.7 Å². The molecular weight excluding hydrogens is 222 g/mol. The van der Waals surface area contributed by atoms with Gasteiger partial charge in [0.2, 0.25) is 0 Å². The lowest BCUT2D eigenvalue weighted by atomic mass is 9.71. The van der Waals surface area contributed by atoms with Gasteiger partial charge in [-0.25, -0.2) is 0 Å². The zero-order chi connectivity index (χ0) is 13.2. The van der Waals surface area contributed by atoms with Gasteiger partial charge >= 0.3 is 0 Å². The number of pyridine rings is 1. The second-order valence-electron chi connectivity index (χ2n) is 6.24. The van der Waals surface area contributed by atoms with Crippen LogP contribution in [0.2, 0.25) is 0 Å². The highest BCUT2D eigenvalue weighted by molar-refractivity contribution is 5.10. The quantitative estimate of drug-likeness (QED) is 0.892. The Bertz CT molecular complexity index is 375. The van der Waals surface area contributed by atoms with Crippen molar-refractivity contribution in [3.8, 4) is 0 Å². The average Bonchev–Trinajstić information content (AvgIpc) is 2.34. The first-order valence-corrected chi connectivity index (χ1v) is 6.85. The van der Waals surface area contributed by atoms with Gasteiger partial charge in [0.05, 0.1) is 0 Å². The van der Waals surface area contributed by atoms with E-state index in [1.165, 1.54) is 24.8 Å². The molecule has 2 unspecified atom stereocenters. The Hall–Kier alpha value is -0.930. The molecule has 1 aliphatic rings. The van der Waals surface area contributed by atoms with Gasteiger partial charge in [-0.15, -0.1) is 0 Å². The first kappa shape index (κ1) is 13.5. The second-order valence-corrected chi connectivity index (χ2v) is 6.24. The molecule has 100 valence electrons. The van der Waals surface area contributed by atoms with Crippen molar-refractivity contribution in [3.63, 3.8) is 0 Å². The van der Waals surface area contributed by atoms with Crippen LogP contribution in [0.4, 0.5) is 0 Å². The van der Waals surface area contributed by atoms with Gasteiger partial charge in [-0.05, 0) is 43.0 Å². The monoisotopic (exact) mass is 247 g/mol. The number of hydrogen-bond acceptors (Lipinski definition) is 3. The van der Waals surface area contributed by atoms with Crippen LogP contribution in [0.25, 0.3) is 0 Å². The molecule has 2 rings (SSSR count). The fraction of sp³-hybridized carbons (Fsp3) is 0.667. The molecule has 1 aromatic heterocycles. The normalized spacial score (nSPS) is 27.4. The van der Waals surface area contributed by atoms with E-state index in [0.717, 1.165) is 6.54 Å². The summed E-state index contributed by atoms with van der Waals surface area (Å²) >= 11 is 0.